The normalized spacial score (nSPS) is 17.2. The Labute approximate surface area is 181 Å². The van der Waals surface area contributed by atoms with Crippen molar-refractivity contribution in [3.05, 3.63) is 64.2 Å². The van der Waals surface area contributed by atoms with Gasteiger partial charge in [0.05, 0.1) is 16.6 Å². The van der Waals surface area contributed by atoms with Crippen LogP contribution in [0, 0.1) is 12.8 Å². The molecule has 1 saturated carbocycles. The zero-order valence-corrected chi connectivity index (χ0v) is 18.1. The second kappa shape index (κ2) is 7.84. The molecular weight excluding hydrogens is 388 g/mol. The Kier molecular flexibility index (Phi) is 5.00. The van der Waals surface area contributed by atoms with E-state index in [4.69, 9.17) is 0 Å². The summed E-state index contributed by atoms with van der Waals surface area (Å²) in [5.74, 6) is 0.662. The van der Waals surface area contributed by atoms with Gasteiger partial charge < -0.3 is 10.2 Å². The third-order valence-corrected chi connectivity index (χ3v) is 6.53. The van der Waals surface area contributed by atoms with E-state index in [1.807, 2.05) is 31.2 Å². The van der Waals surface area contributed by atoms with Gasteiger partial charge >= 0.3 is 0 Å². The number of piperidine rings is 1. The number of aryl methyl sites for hydroxylation is 1. The van der Waals surface area contributed by atoms with Crippen molar-refractivity contribution in [3.8, 4) is 5.69 Å². The summed E-state index contributed by atoms with van der Waals surface area (Å²) in [5, 5.41) is 3.61. The first-order valence-corrected chi connectivity index (χ1v) is 11.2. The Balaban J connectivity index is 1.53. The van der Waals surface area contributed by atoms with E-state index in [9.17, 15) is 9.59 Å². The molecule has 1 aromatic heterocycles. The van der Waals surface area contributed by atoms with Crippen LogP contribution in [0.5, 0.6) is 0 Å². The standard InChI is InChI=1S/C25H28N4O2/c1-16-9-11-28(12-10-16)20-7-8-22-21(14-20)25(31)29(15-26-22)23-13-18(4-3-17(23)2)24(30)27-19-5-6-19/h3-4,7-8,13-16,19H,5-6,9-12H2,1-2H3,(H,27,30). The number of carbonyl (C=O) groups excluding carboxylic acids is 1. The van der Waals surface area contributed by atoms with Crippen molar-refractivity contribution >= 4 is 22.5 Å². The predicted molar refractivity (Wildman–Crippen MR) is 123 cm³/mol. The van der Waals surface area contributed by atoms with Gasteiger partial charge in [-0.3, -0.25) is 14.2 Å². The van der Waals surface area contributed by atoms with Gasteiger partial charge in [-0.1, -0.05) is 13.0 Å². The van der Waals surface area contributed by atoms with Crippen LogP contribution in [0.3, 0.4) is 0 Å². The van der Waals surface area contributed by atoms with Gasteiger partial charge in [0, 0.05) is 30.4 Å². The van der Waals surface area contributed by atoms with Gasteiger partial charge in [-0.25, -0.2) is 4.98 Å². The maximum absolute atomic E-state index is 13.4. The molecule has 5 rings (SSSR count). The van der Waals surface area contributed by atoms with Crippen molar-refractivity contribution < 1.29 is 4.79 Å². The van der Waals surface area contributed by atoms with E-state index in [1.54, 1.807) is 17.0 Å². The second-order valence-corrected chi connectivity index (χ2v) is 9.04. The van der Waals surface area contributed by atoms with E-state index >= 15 is 0 Å². The Morgan fingerprint density at radius 2 is 1.84 bits per heavy atom. The van der Waals surface area contributed by atoms with Crippen LogP contribution in [-0.2, 0) is 0 Å². The molecule has 3 aromatic rings. The zero-order valence-electron chi connectivity index (χ0n) is 18.1. The van der Waals surface area contributed by atoms with E-state index in [-0.39, 0.29) is 11.5 Å². The van der Waals surface area contributed by atoms with Crippen molar-refractivity contribution in [1.82, 2.24) is 14.9 Å². The average Bonchev–Trinajstić information content (AvgIpc) is 3.59. The molecule has 31 heavy (non-hydrogen) atoms. The quantitative estimate of drug-likeness (QED) is 0.702. The number of benzene rings is 2. The predicted octanol–water partition coefficient (Wildman–Crippen LogP) is 3.82. The lowest BCUT2D eigenvalue weighted by atomic mass is 9.98. The third-order valence-electron chi connectivity index (χ3n) is 6.53. The van der Waals surface area contributed by atoms with E-state index in [0.717, 1.165) is 43.1 Å². The Morgan fingerprint density at radius 1 is 1.06 bits per heavy atom. The average molecular weight is 417 g/mol. The number of hydrogen-bond acceptors (Lipinski definition) is 4. The van der Waals surface area contributed by atoms with E-state index in [0.29, 0.717) is 28.2 Å². The van der Waals surface area contributed by atoms with E-state index in [1.165, 1.54) is 12.8 Å². The van der Waals surface area contributed by atoms with Gasteiger partial charge in [-0.05, 0) is 74.4 Å². The summed E-state index contributed by atoms with van der Waals surface area (Å²) in [4.78, 5) is 32.8. The highest BCUT2D eigenvalue weighted by atomic mass is 16.1. The molecule has 2 aromatic carbocycles. The topological polar surface area (TPSA) is 67.2 Å². The molecular formula is C25H28N4O2. The van der Waals surface area contributed by atoms with E-state index < -0.39 is 0 Å². The van der Waals surface area contributed by atoms with Crippen LogP contribution in [0.25, 0.3) is 16.6 Å². The minimum atomic E-state index is -0.111. The molecule has 0 spiro atoms. The summed E-state index contributed by atoms with van der Waals surface area (Å²) in [6.07, 6.45) is 5.99. The maximum atomic E-state index is 13.4. The Bertz CT molecular complexity index is 1200. The fraction of sp³-hybridized carbons (Fsp3) is 0.400. The molecule has 1 saturated heterocycles. The number of aromatic nitrogens is 2. The first kappa shape index (κ1) is 19.8. The van der Waals surface area contributed by atoms with Gasteiger partial charge in [0.15, 0.2) is 0 Å². The molecule has 0 atom stereocenters. The lowest BCUT2D eigenvalue weighted by Crippen LogP contribution is -2.32. The minimum Gasteiger partial charge on any atom is -0.371 e. The van der Waals surface area contributed by atoms with Gasteiger partial charge in [-0.2, -0.15) is 0 Å². The molecule has 1 N–H and O–H groups in total. The number of fused-ring (bicyclic) bond motifs is 1. The van der Waals surface area contributed by atoms with Crippen molar-refractivity contribution in [2.75, 3.05) is 18.0 Å². The van der Waals surface area contributed by atoms with Crippen LogP contribution >= 0.6 is 0 Å². The summed E-state index contributed by atoms with van der Waals surface area (Å²) in [5.41, 5.74) is 3.84. The summed E-state index contributed by atoms with van der Waals surface area (Å²) in [6, 6.07) is 11.7. The molecule has 2 heterocycles. The number of nitrogens with zero attached hydrogens (tertiary/aromatic N) is 3. The third kappa shape index (κ3) is 3.94. The minimum absolute atomic E-state index is 0.0906. The summed E-state index contributed by atoms with van der Waals surface area (Å²) >= 11 is 0. The highest BCUT2D eigenvalue weighted by molar-refractivity contribution is 5.95. The monoisotopic (exact) mass is 416 g/mol. The van der Waals surface area contributed by atoms with Crippen LogP contribution in [0.15, 0.2) is 47.5 Å². The first-order chi connectivity index (χ1) is 15.0. The van der Waals surface area contributed by atoms with Crippen LogP contribution in [0.1, 0.15) is 48.5 Å². The molecule has 1 aliphatic carbocycles. The van der Waals surface area contributed by atoms with Crippen LogP contribution in [-0.4, -0.2) is 34.6 Å². The lowest BCUT2D eigenvalue weighted by Gasteiger charge is -2.32. The second-order valence-electron chi connectivity index (χ2n) is 9.04. The Morgan fingerprint density at radius 3 is 2.58 bits per heavy atom. The Hall–Kier alpha value is -3.15. The number of nitrogens with one attached hydrogen (secondary N) is 1. The van der Waals surface area contributed by atoms with E-state index in [2.05, 4.69) is 28.2 Å². The molecule has 1 amide bonds. The molecule has 6 heteroatoms. The van der Waals surface area contributed by atoms with Crippen molar-refractivity contribution in [3.63, 3.8) is 0 Å². The number of anilines is 1. The molecule has 160 valence electrons. The summed E-state index contributed by atoms with van der Waals surface area (Å²) in [7, 11) is 0. The van der Waals surface area contributed by atoms with Gasteiger partial charge in [0.2, 0.25) is 0 Å². The summed E-state index contributed by atoms with van der Waals surface area (Å²) < 4.78 is 1.56. The SMILES string of the molecule is Cc1ccc(C(=O)NC2CC2)cc1-n1cnc2ccc(N3CCC(C)CC3)cc2c1=O. The fourth-order valence-corrected chi connectivity index (χ4v) is 4.25. The van der Waals surface area contributed by atoms with Gasteiger partial charge in [-0.15, -0.1) is 0 Å². The molecule has 6 nitrogen and oxygen atoms in total. The fourth-order valence-electron chi connectivity index (χ4n) is 4.25. The van der Waals surface area contributed by atoms with Gasteiger partial charge in [0.25, 0.3) is 11.5 Å². The number of hydrogen-bond donors (Lipinski definition) is 1. The number of amides is 1. The molecule has 2 fully saturated rings. The largest absolute Gasteiger partial charge is 0.371 e. The summed E-state index contributed by atoms with van der Waals surface area (Å²) in [6.45, 7) is 6.26. The lowest BCUT2D eigenvalue weighted by molar-refractivity contribution is 0.0951. The van der Waals surface area contributed by atoms with Crippen molar-refractivity contribution in [1.29, 1.82) is 0 Å². The highest BCUT2D eigenvalue weighted by Crippen LogP contribution is 2.25. The molecule has 0 bridgehead atoms. The van der Waals surface area contributed by atoms with Crippen molar-refractivity contribution in [2.24, 2.45) is 5.92 Å². The molecule has 1 aliphatic heterocycles. The van der Waals surface area contributed by atoms with Crippen LogP contribution in [0.4, 0.5) is 5.69 Å². The zero-order chi connectivity index (χ0) is 21.5. The molecule has 2 aliphatic rings. The van der Waals surface area contributed by atoms with Crippen molar-refractivity contribution in [2.45, 2.75) is 45.6 Å². The highest BCUT2D eigenvalue weighted by Gasteiger charge is 2.24. The van der Waals surface area contributed by atoms with Crippen LogP contribution < -0.4 is 15.8 Å². The van der Waals surface area contributed by atoms with Crippen LogP contribution in [0.2, 0.25) is 0 Å². The number of rotatable bonds is 4. The smallest absolute Gasteiger partial charge is 0.265 e. The number of carbonyl (C=O) groups is 1. The molecule has 0 unspecified atom stereocenters. The van der Waals surface area contributed by atoms with Gasteiger partial charge in [0.1, 0.15) is 6.33 Å². The maximum Gasteiger partial charge on any atom is 0.265 e. The first-order valence-electron chi connectivity index (χ1n) is 11.2. The molecule has 0 radical (unpaired) electrons.